The number of imidazole rings is 1. The number of thioether (sulfide) groups is 1. The number of fused-ring (bicyclic) bond motifs is 1. The molecule has 0 saturated carbocycles. The van der Waals surface area contributed by atoms with Crippen molar-refractivity contribution < 1.29 is 4.79 Å². The predicted molar refractivity (Wildman–Crippen MR) is 106 cm³/mol. The maximum absolute atomic E-state index is 12.8. The summed E-state index contributed by atoms with van der Waals surface area (Å²) in [6.45, 7) is 1.85. The summed E-state index contributed by atoms with van der Waals surface area (Å²) in [5.41, 5.74) is 3.39. The van der Waals surface area contributed by atoms with Gasteiger partial charge in [0.25, 0.3) is 0 Å². The van der Waals surface area contributed by atoms with E-state index in [1.165, 1.54) is 18.1 Å². The number of Topliss-reactive ketones (excluding diaryl/α,β-unsaturated/α-hetero) is 1. The van der Waals surface area contributed by atoms with E-state index in [2.05, 4.69) is 19.9 Å². The summed E-state index contributed by atoms with van der Waals surface area (Å²) in [6.07, 6.45) is 1.51. The van der Waals surface area contributed by atoms with Crippen LogP contribution in [0.15, 0.2) is 70.7 Å². The third-order valence-corrected chi connectivity index (χ3v) is 5.21. The monoisotopic (exact) mass is 376 g/mol. The van der Waals surface area contributed by atoms with Gasteiger partial charge in [0.2, 0.25) is 0 Å². The van der Waals surface area contributed by atoms with E-state index in [1.54, 1.807) is 18.2 Å². The topological polar surface area (TPSA) is 91.5 Å². The number of hydrogen-bond donors (Lipinski definition) is 2. The van der Waals surface area contributed by atoms with Crippen LogP contribution in [-0.2, 0) is 0 Å². The van der Waals surface area contributed by atoms with E-state index in [-0.39, 0.29) is 16.7 Å². The van der Waals surface area contributed by atoms with Gasteiger partial charge in [-0.25, -0.2) is 14.8 Å². The van der Waals surface area contributed by atoms with Crippen molar-refractivity contribution in [3.05, 3.63) is 77.0 Å². The van der Waals surface area contributed by atoms with Gasteiger partial charge < -0.3 is 9.97 Å². The predicted octanol–water partition coefficient (Wildman–Crippen LogP) is 3.68. The molecule has 4 aromatic rings. The highest BCUT2D eigenvalue weighted by Crippen LogP contribution is 2.27. The molecule has 0 unspecified atom stereocenters. The molecule has 6 nitrogen and oxygen atoms in total. The van der Waals surface area contributed by atoms with E-state index in [0.29, 0.717) is 16.6 Å². The zero-order valence-electron chi connectivity index (χ0n) is 14.5. The molecule has 4 rings (SSSR count). The fourth-order valence-corrected chi connectivity index (χ4v) is 3.72. The first-order valence-corrected chi connectivity index (χ1v) is 9.28. The zero-order valence-corrected chi connectivity index (χ0v) is 15.3. The summed E-state index contributed by atoms with van der Waals surface area (Å²) in [4.78, 5) is 38.1. The zero-order chi connectivity index (χ0) is 18.8. The minimum absolute atomic E-state index is 0.0242. The van der Waals surface area contributed by atoms with Gasteiger partial charge in [-0.1, -0.05) is 42.1 Å². The van der Waals surface area contributed by atoms with Crippen LogP contribution < -0.4 is 5.69 Å². The molecular formula is C20H16N4O2S. The highest BCUT2D eigenvalue weighted by molar-refractivity contribution is 8.00. The van der Waals surface area contributed by atoms with Gasteiger partial charge in [0.05, 0.1) is 22.0 Å². The van der Waals surface area contributed by atoms with Crippen LogP contribution in [0, 0.1) is 0 Å². The van der Waals surface area contributed by atoms with E-state index in [9.17, 15) is 9.59 Å². The molecule has 0 amide bonds. The van der Waals surface area contributed by atoms with Crippen molar-refractivity contribution in [2.24, 2.45) is 0 Å². The van der Waals surface area contributed by atoms with Crippen molar-refractivity contribution in [1.29, 1.82) is 0 Å². The molecular weight excluding hydrogens is 360 g/mol. The molecule has 0 aliphatic heterocycles. The van der Waals surface area contributed by atoms with Crippen molar-refractivity contribution >= 4 is 28.6 Å². The van der Waals surface area contributed by atoms with Crippen LogP contribution in [0.1, 0.15) is 17.3 Å². The summed E-state index contributed by atoms with van der Waals surface area (Å²) >= 11 is 1.39. The van der Waals surface area contributed by atoms with Crippen molar-refractivity contribution in [3.63, 3.8) is 0 Å². The quantitative estimate of drug-likeness (QED) is 0.315. The molecule has 0 radical (unpaired) electrons. The van der Waals surface area contributed by atoms with Gasteiger partial charge in [-0.15, -0.1) is 0 Å². The number of nitrogens with zero attached hydrogens (tertiary/aromatic N) is 2. The largest absolute Gasteiger partial charge is 0.323 e. The van der Waals surface area contributed by atoms with Gasteiger partial charge in [0.15, 0.2) is 5.78 Å². The van der Waals surface area contributed by atoms with Gasteiger partial charge in [-0.3, -0.25) is 4.79 Å². The number of ketones is 1. The lowest BCUT2D eigenvalue weighted by atomic mass is 10.1. The Morgan fingerprint density at radius 3 is 2.59 bits per heavy atom. The number of benzene rings is 2. The number of rotatable bonds is 5. The summed E-state index contributed by atoms with van der Waals surface area (Å²) in [7, 11) is 0. The first kappa shape index (κ1) is 17.2. The van der Waals surface area contributed by atoms with Crippen molar-refractivity contribution in [2.75, 3.05) is 0 Å². The minimum atomic E-state index is -0.327. The number of H-pyrrole nitrogens is 2. The van der Waals surface area contributed by atoms with E-state index in [1.807, 2.05) is 43.3 Å². The number of hydrogen-bond acceptors (Lipinski definition) is 5. The van der Waals surface area contributed by atoms with Gasteiger partial charge in [0.1, 0.15) is 11.4 Å². The molecule has 1 atom stereocenters. The Kier molecular flexibility index (Phi) is 4.60. The first-order valence-electron chi connectivity index (χ1n) is 8.40. The second kappa shape index (κ2) is 7.20. The van der Waals surface area contributed by atoms with Crippen LogP contribution in [0.2, 0.25) is 0 Å². The van der Waals surface area contributed by atoms with Crippen molar-refractivity contribution in [2.45, 2.75) is 17.2 Å². The number of nitrogens with one attached hydrogen (secondary N) is 2. The second-order valence-corrected chi connectivity index (χ2v) is 7.43. The highest BCUT2D eigenvalue weighted by Gasteiger charge is 2.18. The molecule has 7 heteroatoms. The third kappa shape index (κ3) is 3.68. The number of aromatic amines is 2. The van der Waals surface area contributed by atoms with Crippen LogP contribution >= 0.6 is 11.8 Å². The lowest BCUT2D eigenvalue weighted by Crippen LogP contribution is -2.13. The number of carbonyl (C=O) groups is 1. The van der Waals surface area contributed by atoms with Crippen LogP contribution in [0.4, 0.5) is 0 Å². The molecule has 134 valence electrons. The molecule has 0 aliphatic rings. The van der Waals surface area contributed by atoms with Crippen LogP contribution in [-0.4, -0.2) is 31.0 Å². The minimum Gasteiger partial charge on any atom is -0.306 e. The van der Waals surface area contributed by atoms with Crippen LogP contribution in [0.5, 0.6) is 0 Å². The third-order valence-electron chi connectivity index (χ3n) is 4.18. The molecule has 2 heterocycles. The van der Waals surface area contributed by atoms with Gasteiger partial charge >= 0.3 is 5.69 Å². The molecule has 0 bridgehead atoms. The maximum atomic E-state index is 12.8. The summed E-state index contributed by atoms with van der Waals surface area (Å²) in [6, 6.07) is 16.9. The van der Waals surface area contributed by atoms with Crippen LogP contribution in [0.3, 0.4) is 0 Å². The Labute approximate surface area is 159 Å². The van der Waals surface area contributed by atoms with E-state index >= 15 is 0 Å². The average Bonchev–Trinajstić information content (AvgIpc) is 3.07. The molecule has 27 heavy (non-hydrogen) atoms. The van der Waals surface area contributed by atoms with E-state index in [4.69, 9.17) is 0 Å². The molecule has 2 aromatic carbocycles. The second-order valence-electron chi connectivity index (χ2n) is 6.07. The Morgan fingerprint density at radius 2 is 1.78 bits per heavy atom. The summed E-state index contributed by atoms with van der Waals surface area (Å²) < 4.78 is 0. The summed E-state index contributed by atoms with van der Waals surface area (Å²) in [5, 5.41) is 0.410. The highest BCUT2D eigenvalue weighted by atomic mass is 32.2. The smallest absolute Gasteiger partial charge is 0.306 e. The average molecular weight is 376 g/mol. The Morgan fingerprint density at radius 1 is 1.00 bits per heavy atom. The van der Waals surface area contributed by atoms with E-state index < -0.39 is 0 Å². The standard InChI is InChI=1S/C20H16N4O2S/c1-12(19(25)14-7-8-15-17(9-14)24-20(26)23-15)27-18-10-16(21-11-22-18)13-5-3-2-4-6-13/h2-12H,1H3,(H2,23,24,26)/t12-/m1/s1. The SMILES string of the molecule is C[C@@H](Sc1cc(-c2ccccc2)ncn1)C(=O)c1ccc2[nH]c(=O)[nH]c2c1. The van der Waals surface area contributed by atoms with E-state index in [0.717, 1.165) is 16.3 Å². The molecule has 0 aliphatic carbocycles. The fourth-order valence-electron chi connectivity index (χ4n) is 2.83. The van der Waals surface area contributed by atoms with Gasteiger partial charge in [-0.2, -0.15) is 0 Å². The Balaban J connectivity index is 1.55. The molecule has 2 aromatic heterocycles. The Bertz CT molecular complexity index is 1170. The maximum Gasteiger partial charge on any atom is 0.323 e. The first-order chi connectivity index (χ1) is 13.1. The molecule has 2 N–H and O–H groups in total. The molecule has 0 saturated heterocycles. The number of carbonyl (C=O) groups excluding carboxylic acids is 1. The lowest BCUT2D eigenvalue weighted by Gasteiger charge is -2.10. The lowest BCUT2D eigenvalue weighted by molar-refractivity contribution is 0.0994. The molecule has 0 fully saturated rings. The molecule has 0 spiro atoms. The van der Waals surface area contributed by atoms with Gasteiger partial charge in [-0.05, 0) is 31.2 Å². The van der Waals surface area contributed by atoms with Crippen LogP contribution in [0.25, 0.3) is 22.3 Å². The fraction of sp³-hybridized carbons (Fsp3) is 0.100. The van der Waals surface area contributed by atoms with Crippen molar-refractivity contribution in [3.8, 4) is 11.3 Å². The van der Waals surface area contributed by atoms with Gasteiger partial charge in [0, 0.05) is 11.1 Å². The Hall–Kier alpha value is -3.19. The number of aromatic nitrogens is 4. The normalized spacial score (nSPS) is 12.2. The van der Waals surface area contributed by atoms with Crippen molar-refractivity contribution in [1.82, 2.24) is 19.9 Å². The summed E-state index contributed by atoms with van der Waals surface area (Å²) in [5.74, 6) is -0.0242.